The fourth-order valence-electron chi connectivity index (χ4n) is 3.71. The maximum absolute atomic E-state index is 13.2. The third-order valence-corrected chi connectivity index (χ3v) is 5.49. The number of amides is 4. The van der Waals surface area contributed by atoms with Crippen LogP contribution in [0.4, 0.5) is 9.59 Å². The van der Waals surface area contributed by atoms with E-state index in [0.717, 1.165) is 38.5 Å². The van der Waals surface area contributed by atoms with Gasteiger partial charge in [-0.15, -0.1) is 0 Å². The van der Waals surface area contributed by atoms with Crippen LogP contribution in [-0.4, -0.2) is 90.6 Å². The second-order valence-corrected chi connectivity index (χ2v) is 7.76. The Morgan fingerprint density at radius 3 is 1.27 bits per heavy atom. The van der Waals surface area contributed by atoms with E-state index in [4.69, 9.17) is 14.2 Å². The molecule has 30 heavy (non-hydrogen) atoms. The highest BCUT2D eigenvalue weighted by Gasteiger charge is 2.58. The number of ether oxygens (including phenoxy) is 3. The molecule has 0 aliphatic carbocycles. The quantitative estimate of drug-likeness (QED) is 0.352. The standard InChI is InChI=1S/C21H40N4O5/c1-5-9-12-28-15-23-18-19(25(21(23)27)17-30-14-11-7-3)24(16-29-13-10-6-2)20(26)22(18)8-4/h18-19H,5-17H2,1-4H3. The van der Waals surface area contributed by atoms with Crippen molar-refractivity contribution in [2.75, 3.05) is 46.6 Å². The zero-order chi connectivity index (χ0) is 21.9. The number of nitrogens with zero attached hydrogens (tertiary/aromatic N) is 4. The maximum Gasteiger partial charge on any atom is 0.327 e. The highest BCUT2D eigenvalue weighted by molar-refractivity contribution is 5.85. The fourth-order valence-corrected chi connectivity index (χ4v) is 3.71. The molecule has 0 N–H and O–H groups in total. The summed E-state index contributed by atoms with van der Waals surface area (Å²) < 4.78 is 17.3. The number of hydrogen-bond donors (Lipinski definition) is 0. The SMILES string of the molecule is CCCCOCN1C(=O)N(COCCCC)C2C1N(CC)C(=O)N2COCCCC. The lowest BCUT2D eigenvalue weighted by molar-refractivity contribution is -0.0284. The van der Waals surface area contributed by atoms with Crippen molar-refractivity contribution in [1.29, 1.82) is 0 Å². The molecule has 0 aromatic rings. The number of urea groups is 2. The van der Waals surface area contributed by atoms with Gasteiger partial charge >= 0.3 is 12.1 Å². The summed E-state index contributed by atoms with van der Waals surface area (Å²) in [6, 6.07) is -0.281. The predicted octanol–water partition coefficient (Wildman–Crippen LogP) is 3.46. The average molecular weight is 429 g/mol. The largest absolute Gasteiger partial charge is 0.361 e. The van der Waals surface area contributed by atoms with Crippen LogP contribution in [0.5, 0.6) is 0 Å². The summed E-state index contributed by atoms with van der Waals surface area (Å²) in [5, 5.41) is 0. The van der Waals surface area contributed by atoms with Crippen LogP contribution < -0.4 is 0 Å². The molecule has 0 saturated carbocycles. The van der Waals surface area contributed by atoms with E-state index >= 15 is 0 Å². The smallest absolute Gasteiger partial charge is 0.327 e. The molecule has 9 heteroatoms. The molecule has 0 aromatic carbocycles. The molecule has 9 nitrogen and oxygen atoms in total. The Kier molecular flexibility index (Phi) is 10.7. The number of carbonyl (C=O) groups excluding carboxylic acids is 2. The lowest BCUT2D eigenvalue weighted by Gasteiger charge is -2.29. The van der Waals surface area contributed by atoms with Gasteiger partial charge in [-0.05, 0) is 26.2 Å². The third kappa shape index (κ3) is 5.76. The molecular formula is C21H40N4O5. The predicted molar refractivity (Wildman–Crippen MR) is 113 cm³/mol. The first-order valence-corrected chi connectivity index (χ1v) is 11.5. The van der Waals surface area contributed by atoms with Crippen LogP contribution in [0.15, 0.2) is 0 Å². The van der Waals surface area contributed by atoms with Crippen molar-refractivity contribution in [2.24, 2.45) is 0 Å². The molecule has 2 saturated heterocycles. The summed E-state index contributed by atoms with van der Waals surface area (Å²) in [7, 11) is 0. The van der Waals surface area contributed by atoms with Crippen LogP contribution in [0, 0.1) is 0 Å². The minimum absolute atomic E-state index is 0.117. The van der Waals surface area contributed by atoms with Gasteiger partial charge in [-0.25, -0.2) is 9.59 Å². The van der Waals surface area contributed by atoms with Crippen molar-refractivity contribution in [3.05, 3.63) is 0 Å². The summed E-state index contributed by atoms with van der Waals surface area (Å²) in [4.78, 5) is 33.0. The normalized spacial score (nSPS) is 21.3. The van der Waals surface area contributed by atoms with E-state index in [1.54, 1.807) is 19.6 Å². The van der Waals surface area contributed by atoms with Gasteiger partial charge < -0.3 is 19.1 Å². The Morgan fingerprint density at radius 2 is 0.933 bits per heavy atom. The van der Waals surface area contributed by atoms with Gasteiger partial charge in [-0.1, -0.05) is 40.0 Å². The second kappa shape index (κ2) is 13.0. The highest BCUT2D eigenvalue weighted by Crippen LogP contribution is 2.34. The van der Waals surface area contributed by atoms with Gasteiger partial charge in [0.05, 0.1) is 0 Å². The molecule has 0 aromatic heterocycles. The molecule has 0 radical (unpaired) electrons. The summed E-state index contributed by atoms with van der Waals surface area (Å²) in [5.74, 6) is 0. The maximum atomic E-state index is 13.2. The second-order valence-electron chi connectivity index (χ2n) is 7.76. The first kappa shape index (κ1) is 24.7. The third-order valence-electron chi connectivity index (χ3n) is 5.49. The number of carbonyl (C=O) groups is 2. The summed E-state index contributed by atoms with van der Waals surface area (Å²) in [6.07, 6.45) is 5.05. The molecule has 2 heterocycles. The van der Waals surface area contributed by atoms with E-state index in [2.05, 4.69) is 20.8 Å². The van der Waals surface area contributed by atoms with E-state index in [9.17, 15) is 9.59 Å². The van der Waals surface area contributed by atoms with Crippen molar-refractivity contribution in [2.45, 2.75) is 78.6 Å². The van der Waals surface area contributed by atoms with Gasteiger partial charge in [0.2, 0.25) is 0 Å². The summed E-state index contributed by atoms with van der Waals surface area (Å²) >= 11 is 0. The number of fused-ring (bicyclic) bond motifs is 1. The molecule has 174 valence electrons. The van der Waals surface area contributed by atoms with Gasteiger partial charge in [-0.3, -0.25) is 14.7 Å². The zero-order valence-corrected chi connectivity index (χ0v) is 19.2. The van der Waals surface area contributed by atoms with Crippen molar-refractivity contribution in [1.82, 2.24) is 19.6 Å². The van der Waals surface area contributed by atoms with Gasteiger partial charge in [0.1, 0.15) is 20.2 Å². The number of rotatable bonds is 16. The van der Waals surface area contributed by atoms with E-state index in [1.165, 1.54) is 0 Å². The van der Waals surface area contributed by atoms with E-state index in [-0.39, 0.29) is 32.3 Å². The Hall–Kier alpha value is -1.58. The molecule has 0 spiro atoms. The Morgan fingerprint density at radius 1 is 0.600 bits per heavy atom. The Bertz CT molecular complexity index is 526. The highest BCUT2D eigenvalue weighted by atomic mass is 16.5. The molecule has 2 aliphatic heterocycles. The Labute approximate surface area is 181 Å². The monoisotopic (exact) mass is 428 g/mol. The number of likely N-dealkylation sites (N-methyl/N-ethyl adjacent to an activating group) is 1. The molecule has 0 bridgehead atoms. The summed E-state index contributed by atoms with van der Waals surface area (Å²) in [6.45, 7) is 11.0. The minimum Gasteiger partial charge on any atom is -0.361 e. The molecule has 2 atom stereocenters. The minimum atomic E-state index is -0.442. The van der Waals surface area contributed by atoms with Crippen LogP contribution in [0.25, 0.3) is 0 Å². The first-order chi connectivity index (χ1) is 14.6. The van der Waals surface area contributed by atoms with Gasteiger partial charge in [0, 0.05) is 26.4 Å². The van der Waals surface area contributed by atoms with Crippen LogP contribution >= 0.6 is 0 Å². The van der Waals surface area contributed by atoms with E-state index in [0.29, 0.717) is 26.4 Å². The van der Waals surface area contributed by atoms with Crippen molar-refractivity contribution in [3.8, 4) is 0 Å². The van der Waals surface area contributed by atoms with Gasteiger partial charge in [0.15, 0.2) is 12.3 Å². The fraction of sp³-hybridized carbons (Fsp3) is 0.905. The molecule has 2 aliphatic rings. The molecule has 4 amide bonds. The van der Waals surface area contributed by atoms with Gasteiger partial charge in [0.25, 0.3) is 0 Å². The molecule has 2 unspecified atom stereocenters. The van der Waals surface area contributed by atoms with Crippen molar-refractivity contribution in [3.63, 3.8) is 0 Å². The first-order valence-electron chi connectivity index (χ1n) is 11.5. The lowest BCUT2D eigenvalue weighted by Crippen LogP contribution is -2.48. The molecular weight excluding hydrogens is 388 g/mol. The van der Waals surface area contributed by atoms with Gasteiger partial charge in [-0.2, -0.15) is 0 Å². The van der Waals surface area contributed by atoms with E-state index in [1.807, 2.05) is 6.92 Å². The van der Waals surface area contributed by atoms with Crippen molar-refractivity contribution >= 4 is 12.1 Å². The van der Waals surface area contributed by atoms with Crippen LogP contribution in [0.1, 0.15) is 66.2 Å². The summed E-state index contributed by atoms with van der Waals surface area (Å²) in [5.41, 5.74) is 0. The zero-order valence-electron chi connectivity index (χ0n) is 19.2. The van der Waals surface area contributed by atoms with Crippen LogP contribution in [0.3, 0.4) is 0 Å². The van der Waals surface area contributed by atoms with E-state index < -0.39 is 12.3 Å². The number of hydrogen-bond acceptors (Lipinski definition) is 5. The van der Waals surface area contributed by atoms with Crippen LogP contribution in [-0.2, 0) is 14.2 Å². The lowest BCUT2D eigenvalue weighted by atomic mass is 10.3. The topological polar surface area (TPSA) is 74.8 Å². The Balaban J connectivity index is 2.16. The van der Waals surface area contributed by atoms with Crippen molar-refractivity contribution < 1.29 is 23.8 Å². The van der Waals surface area contributed by atoms with Crippen LogP contribution in [0.2, 0.25) is 0 Å². The molecule has 2 rings (SSSR count). The average Bonchev–Trinajstić information content (AvgIpc) is 3.16. The molecule has 2 fully saturated rings. The number of unbranched alkanes of at least 4 members (excludes halogenated alkanes) is 3.